The first-order valence-electron chi connectivity index (χ1n) is 7.36. The Balaban J connectivity index is 1.77. The van der Waals surface area contributed by atoms with E-state index in [1.807, 2.05) is 18.2 Å². The van der Waals surface area contributed by atoms with Gasteiger partial charge in [0.15, 0.2) is 11.6 Å². The van der Waals surface area contributed by atoms with Gasteiger partial charge in [0.1, 0.15) is 0 Å². The zero-order chi connectivity index (χ0) is 17.8. The number of halogens is 3. The molecule has 0 saturated carbocycles. The maximum Gasteiger partial charge on any atom is 0.229 e. The summed E-state index contributed by atoms with van der Waals surface area (Å²) in [5.74, 6) is -0.294. The van der Waals surface area contributed by atoms with Crippen molar-refractivity contribution in [3.05, 3.63) is 76.0 Å². The van der Waals surface area contributed by atoms with E-state index < -0.39 is 5.82 Å². The van der Waals surface area contributed by atoms with E-state index in [0.717, 1.165) is 17.5 Å². The molecule has 128 valence electrons. The van der Waals surface area contributed by atoms with Crippen molar-refractivity contribution in [1.82, 2.24) is 9.97 Å². The molecule has 4 N–H and O–H groups in total. The van der Waals surface area contributed by atoms with Gasteiger partial charge in [0.2, 0.25) is 5.95 Å². The van der Waals surface area contributed by atoms with Gasteiger partial charge in [-0.2, -0.15) is 4.98 Å². The van der Waals surface area contributed by atoms with Crippen LogP contribution in [0, 0.1) is 5.82 Å². The largest absolute Gasteiger partial charge is 0.404 e. The fraction of sp³-hybridized carbons (Fsp3) is 0.0588. The van der Waals surface area contributed by atoms with Crippen molar-refractivity contribution in [2.75, 3.05) is 10.6 Å². The SMILES string of the molecule is NC=C1C=CC(Nc2ncc(F)c(Nc3ccc(Cl)c(Cl)c3)n2)=CC1. The van der Waals surface area contributed by atoms with Crippen molar-refractivity contribution >= 4 is 40.7 Å². The van der Waals surface area contributed by atoms with Crippen LogP contribution < -0.4 is 16.4 Å². The lowest BCUT2D eigenvalue weighted by Gasteiger charge is -2.12. The minimum atomic E-state index is -0.585. The first kappa shape index (κ1) is 17.3. The minimum absolute atomic E-state index is 0.0267. The molecule has 1 aromatic heterocycles. The summed E-state index contributed by atoms with van der Waals surface area (Å²) in [5, 5.41) is 6.67. The van der Waals surface area contributed by atoms with Crippen LogP contribution in [0.1, 0.15) is 6.42 Å². The Kier molecular flexibility index (Phi) is 5.21. The summed E-state index contributed by atoms with van der Waals surface area (Å²) in [5.41, 5.74) is 7.85. The van der Waals surface area contributed by atoms with Crippen LogP contribution in [0.25, 0.3) is 0 Å². The lowest BCUT2D eigenvalue weighted by atomic mass is 10.1. The van der Waals surface area contributed by atoms with Crippen LogP contribution in [0.15, 0.2) is 60.1 Å². The third-order valence-corrected chi connectivity index (χ3v) is 4.17. The molecule has 0 amide bonds. The molecular weight excluding hydrogens is 364 g/mol. The second-order valence-electron chi connectivity index (χ2n) is 5.21. The molecule has 2 aromatic rings. The van der Waals surface area contributed by atoms with E-state index in [9.17, 15) is 4.39 Å². The Morgan fingerprint density at radius 3 is 2.68 bits per heavy atom. The van der Waals surface area contributed by atoms with Crippen LogP contribution in [-0.4, -0.2) is 9.97 Å². The summed E-state index contributed by atoms with van der Waals surface area (Å²) < 4.78 is 14.0. The zero-order valence-corrected chi connectivity index (χ0v) is 14.4. The van der Waals surface area contributed by atoms with Gasteiger partial charge >= 0.3 is 0 Å². The highest BCUT2D eigenvalue weighted by Gasteiger charge is 2.10. The summed E-state index contributed by atoms with van der Waals surface area (Å²) in [4.78, 5) is 8.10. The van der Waals surface area contributed by atoms with Gasteiger partial charge < -0.3 is 16.4 Å². The van der Waals surface area contributed by atoms with E-state index >= 15 is 0 Å². The van der Waals surface area contributed by atoms with Crippen LogP contribution in [-0.2, 0) is 0 Å². The summed E-state index contributed by atoms with van der Waals surface area (Å²) in [6, 6.07) is 4.88. The molecular formula is C17H14Cl2FN5. The molecule has 0 saturated heterocycles. The van der Waals surface area contributed by atoms with Gasteiger partial charge in [-0.25, -0.2) is 9.37 Å². The average molecular weight is 378 g/mol. The quantitative estimate of drug-likeness (QED) is 0.715. The highest BCUT2D eigenvalue weighted by atomic mass is 35.5. The molecule has 1 aromatic carbocycles. The van der Waals surface area contributed by atoms with E-state index in [-0.39, 0.29) is 11.8 Å². The Morgan fingerprint density at radius 1 is 1.16 bits per heavy atom. The number of anilines is 3. The summed E-state index contributed by atoms with van der Waals surface area (Å²) in [7, 11) is 0. The Morgan fingerprint density at radius 2 is 2.00 bits per heavy atom. The van der Waals surface area contributed by atoms with Crippen LogP contribution in [0.4, 0.5) is 21.8 Å². The van der Waals surface area contributed by atoms with Crippen molar-refractivity contribution in [2.45, 2.75) is 6.42 Å². The van der Waals surface area contributed by atoms with Gasteiger partial charge in [-0.1, -0.05) is 35.4 Å². The Hall–Kier alpha value is -2.57. The van der Waals surface area contributed by atoms with E-state index in [1.165, 1.54) is 0 Å². The molecule has 25 heavy (non-hydrogen) atoms. The number of rotatable bonds is 4. The zero-order valence-electron chi connectivity index (χ0n) is 12.9. The number of nitrogens with zero attached hydrogens (tertiary/aromatic N) is 2. The maximum atomic E-state index is 14.0. The van der Waals surface area contributed by atoms with Gasteiger partial charge in [-0.3, -0.25) is 0 Å². The summed E-state index contributed by atoms with van der Waals surface area (Å²) in [6.45, 7) is 0. The second kappa shape index (κ2) is 7.55. The molecule has 0 fully saturated rings. The normalized spacial score (nSPS) is 15.2. The van der Waals surface area contributed by atoms with Gasteiger partial charge in [0, 0.05) is 11.4 Å². The first-order valence-corrected chi connectivity index (χ1v) is 8.11. The third-order valence-electron chi connectivity index (χ3n) is 3.43. The average Bonchev–Trinajstić information content (AvgIpc) is 2.62. The topological polar surface area (TPSA) is 75.9 Å². The Bertz CT molecular complexity index is 893. The molecule has 0 bridgehead atoms. The van der Waals surface area contributed by atoms with Crippen molar-refractivity contribution in [3.63, 3.8) is 0 Å². The molecule has 1 aliphatic carbocycles. The number of allylic oxidation sites excluding steroid dienone is 4. The fourth-order valence-corrected chi connectivity index (χ4v) is 2.43. The number of aromatic nitrogens is 2. The Labute approximate surface area is 154 Å². The van der Waals surface area contributed by atoms with E-state index in [2.05, 4.69) is 20.6 Å². The molecule has 1 aliphatic rings. The smallest absolute Gasteiger partial charge is 0.229 e. The standard InChI is InChI=1S/C17H14Cl2FN5/c18-13-6-5-12(7-14(13)19)23-16-15(20)9-22-17(25-16)24-11-3-1-10(8-21)2-4-11/h1,3-9H,2,21H2,(H2,22,23,24,25). The van der Waals surface area contributed by atoms with Gasteiger partial charge in [0.25, 0.3) is 0 Å². The van der Waals surface area contributed by atoms with Crippen molar-refractivity contribution < 1.29 is 4.39 Å². The number of benzene rings is 1. The molecule has 3 rings (SSSR count). The highest BCUT2D eigenvalue weighted by Crippen LogP contribution is 2.27. The van der Waals surface area contributed by atoms with E-state index in [0.29, 0.717) is 22.2 Å². The van der Waals surface area contributed by atoms with E-state index in [1.54, 1.807) is 24.4 Å². The lowest BCUT2D eigenvalue weighted by molar-refractivity contribution is 0.619. The van der Waals surface area contributed by atoms with Crippen molar-refractivity contribution in [1.29, 1.82) is 0 Å². The number of hydrogen-bond acceptors (Lipinski definition) is 5. The summed E-state index contributed by atoms with van der Waals surface area (Å²) >= 11 is 11.8. The summed E-state index contributed by atoms with van der Waals surface area (Å²) in [6.07, 6.45) is 9.02. The maximum absolute atomic E-state index is 14.0. The first-order chi connectivity index (χ1) is 12.0. The van der Waals surface area contributed by atoms with Gasteiger partial charge in [0.05, 0.1) is 16.2 Å². The molecule has 1 heterocycles. The van der Waals surface area contributed by atoms with Crippen molar-refractivity contribution in [3.8, 4) is 0 Å². The van der Waals surface area contributed by atoms with Crippen LogP contribution >= 0.6 is 23.2 Å². The predicted octanol–water partition coefficient (Wildman–Crippen LogP) is 4.76. The number of nitrogens with two attached hydrogens (primary N) is 1. The van der Waals surface area contributed by atoms with Crippen molar-refractivity contribution in [2.24, 2.45) is 5.73 Å². The molecule has 0 aliphatic heterocycles. The molecule has 0 atom stereocenters. The third kappa shape index (κ3) is 4.29. The van der Waals surface area contributed by atoms with Crippen LogP contribution in [0.3, 0.4) is 0 Å². The number of nitrogens with one attached hydrogen (secondary N) is 2. The molecule has 0 radical (unpaired) electrons. The molecule has 8 heteroatoms. The fourth-order valence-electron chi connectivity index (χ4n) is 2.13. The van der Waals surface area contributed by atoms with Crippen LogP contribution in [0.5, 0.6) is 0 Å². The van der Waals surface area contributed by atoms with Gasteiger partial charge in [-0.15, -0.1) is 0 Å². The van der Waals surface area contributed by atoms with Crippen LogP contribution in [0.2, 0.25) is 10.0 Å². The van der Waals surface area contributed by atoms with Gasteiger partial charge in [-0.05, 0) is 42.5 Å². The highest BCUT2D eigenvalue weighted by molar-refractivity contribution is 6.42. The molecule has 5 nitrogen and oxygen atoms in total. The second-order valence-corrected chi connectivity index (χ2v) is 6.02. The lowest BCUT2D eigenvalue weighted by Crippen LogP contribution is -2.07. The molecule has 0 spiro atoms. The van der Waals surface area contributed by atoms with E-state index in [4.69, 9.17) is 28.9 Å². The molecule has 0 unspecified atom stereocenters. The number of hydrogen-bond donors (Lipinski definition) is 3. The predicted molar refractivity (Wildman–Crippen MR) is 99.5 cm³/mol. The minimum Gasteiger partial charge on any atom is -0.404 e. The monoisotopic (exact) mass is 377 g/mol.